The van der Waals surface area contributed by atoms with Gasteiger partial charge in [0.2, 0.25) is 0 Å². The number of nitrogens with zero attached hydrogens (tertiary/aromatic N) is 1. The van der Waals surface area contributed by atoms with Crippen molar-refractivity contribution in [3.8, 4) is 0 Å². The van der Waals surface area contributed by atoms with Crippen LogP contribution in [0.4, 0.5) is 0 Å². The summed E-state index contributed by atoms with van der Waals surface area (Å²) in [6.07, 6.45) is 2.34. The fourth-order valence-electron chi connectivity index (χ4n) is 2.21. The van der Waals surface area contributed by atoms with E-state index < -0.39 is 0 Å². The second kappa shape index (κ2) is 4.71. The molecule has 1 aromatic heterocycles. The van der Waals surface area contributed by atoms with Gasteiger partial charge in [-0.05, 0) is 51.6 Å². The summed E-state index contributed by atoms with van der Waals surface area (Å²) >= 11 is 0. The number of fused-ring (bicyclic) bond motifs is 1. The lowest BCUT2D eigenvalue weighted by Gasteiger charge is -2.03. The molecule has 1 N–H and O–H groups in total. The van der Waals surface area contributed by atoms with Crippen molar-refractivity contribution in [1.82, 2.24) is 9.88 Å². The Morgan fingerprint density at radius 3 is 2.81 bits per heavy atom. The van der Waals surface area contributed by atoms with Crippen molar-refractivity contribution in [2.45, 2.75) is 19.8 Å². The van der Waals surface area contributed by atoms with E-state index in [9.17, 15) is 0 Å². The molecule has 86 valence electrons. The largest absolute Gasteiger partial charge is 0.348 e. The van der Waals surface area contributed by atoms with E-state index in [4.69, 9.17) is 0 Å². The SMILES string of the molecule is CNCCCc1cc2cc(C)ccc2n1C. The molecule has 2 rings (SSSR count). The summed E-state index contributed by atoms with van der Waals surface area (Å²) in [5, 5.41) is 4.55. The van der Waals surface area contributed by atoms with Crippen LogP contribution in [-0.2, 0) is 13.5 Å². The number of nitrogens with one attached hydrogen (secondary N) is 1. The van der Waals surface area contributed by atoms with Crippen LogP contribution in [0.1, 0.15) is 17.7 Å². The molecule has 0 spiro atoms. The Balaban J connectivity index is 2.29. The summed E-state index contributed by atoms with van der Waals surface area (Å²) in [5.41, 5.74) is 4.10. The average molecular weight is 216 g/mol. The summed E-state index contributed by atoms with van der Waals surface area (Å²) in [5.74, 6) is 0. The van der Waals surface area contributed by atoms with Crippen molar-refractivity contribution in [3.05, 3.63) is 35.5 Å². The number of hydrogen-bond donors (Lipinski definition) is 1. The van der Waals surface area contributed by atoms with Crippen LogP contribution in [0.2, 0.25) is 0 Å². The molecule has 0 saturated heterocycles. The standard InChI is InChI=1S/C14H20N2/c1-11-6-7-14-12(9-11)10-13(16(14)3)5-4-8-15-2/h6-7,9-10,15H,4-5,8H2,1-3H3. The molecule has 0 fully saturated rings. The predicted octanol–water partition coefficient (Wildman–Crippen LogP) is 2.64. The monoisotopic (exact) mass is 216 g/mol. The first-order valence-corrected chi connectivity index (χ1v) is 5.92. The fourth-order valence-corrected chi connectivity index (χ4v) is 2.21. The molecule has 2 nitrogen and oxygen atoms in total. The molecule has 0 aliphatic heterocycles. The number of benzene rings is 1. The first-order chi connectivity index (χ1) is 7.72. The van der Waals surface area contributed by atoms with Gasteiger partial charge in [-0.2, -0.15) is 0 Å². The third-order valence-corrected chi connectivity index (χ3v) is 3.16. The zero-order chi connectivity index (χ0) is 11.5. The van der Waals surface area contributed by atoms with Gasteiger partial charge in [-0.3, -0.25) is 0 Å². The summed E-state index contributed by atoms with van der Waals surface area (Å²) in [6.45, 7) is 3.23. The highest BCUT2D eigenvalue weighted by Gasteiger charge is 2.04. The third kappa shape index (κ3) is 2.12. The molecule has 0 radical (unpaired) electrons. The maximum atomic E-state index is 3.19. The molecule has 0 amide bonds. The molecule has 2 aromatic rings. The van der Waals surface area contributed by atoms with Gasteiger partial charge in [0.25, 0.3) is 0 Å². The topological polar surface area (TPSA) is 17.0 Å². The molecule has 2 heteroatoms. The van der Waals surface area contributed by atoms with Crippen molar-refractivity contribution in [3.63, 3.8) is 0 Å². The first kappa shape index (κ1) is 11.2. The van der Waals surface area contributed by atoms with Crippen molar-refractivity contribution >= 4 is 10.9 Å². The van der Waals surface area contributed by atoms with E-state index in [2.05, 4.69) is 48.1 Å². The maximum Gasteiger partial charge on any atom is 0.0480 e. The zero-order valence-corrected chi connectivity index (χ0v) is 10.4. The minimum Gasteiger partial charge on any atom is -0.348 e. The second-order valence-corrected chi connectivity index (χ2v) is 4.46. The fraction of sp³-hybridized carbons (Fsp3) is 0.429. The summed E-state index contributed by atoms with van der Waals surface area (Å²) in [7, 11) is 4.16. The van der Waals surface area contributed by atoms with Crippen LogP contribution >= 0.6 is 0 Å². The van der Waals surface area contributed by atoms with E-state index in [1.54, 1.807) is 0 Å². The Hall–Kier alpha value is -1.28. The molecule has 0 unspecified atom stereocenters. The number of hydrogen-bond acceptors (Lipinski definition) is 1. The number of rotatable bonds is 4. The molecule has 0 aliphatic rings. The van der Waals surface area contributed by atoms with Gasteiger partial charge >= 0.3 is 0 Å². The Labute approximate surface area is 97.3 Å². The number of aromatic nitrogens is 1. The number of aryl methyl sites for hydroxylation is 3. The molecule has 0 saturated carbocycles. The molecular formula is C14H20N2. The van der Waals surface area contributed by atoms with Gasteiger partial charge < -0.3 is 9.88 Å². The van der Waals surface area contributed by atoms with Gasteiger partial charge in [0, 0.05) is 23.6 Å². The lowest BCUT2D eigenvalue weighted by atomic mass is 10.1. The Bertz CT molecular complexity index is 483. The smallest absolute Gasteiger partial charge is 0.0480 e. The zero-order valence-electron chi connectivity index (χ0n) is 10.4. The third-order valence-electron chi connectivity index (χ3n) is 3.16. The van der Waals surface area contributed by atoms with Crippen LogP contribution in [0.25, 0.3) is 10.9 Å². The van der Waals surface area contributed by atoms with Gasteiger partial charge in [0.15, 0.2) is 0 Å². The van der Waals surface area contributed by atoms with Crippen LogP contribution in [0.3, 0.4) is 0 Å². The van der Waals surface area contributed by atoms with E-state index in [0.29, 0.717) is 0 Å². The Morgan fingerprint density at radius 1 is 1.25 bits per heavy atom. The summed E-state index contributed by atoms with van der Waals surface area (Å²) < 4.78 is 2.31. The summed E-state index contributed by atoms with van der Waals surface area (Å²) in [4.78, 5) is 0. The van der Waals surface area contributed by atoms with Gasteiger partial charge in [0.05, 0.1) is 0 Å². The quantitative estimate of drug-likeness (QED) is 0.777. The first-order valence-electron chi connectivity index (χ1n) is 5.92. The molecule has 16 heavy (non-hydrogen) atoms. The normalized spacial score (nSPS) is 11.2. The van der Waals surface area contributed by atoms with Gasteiger partial charge in [-0.25, -0.2) is 0 Å². The van der Waals surface area contributed by atoms with E-state index in [0.717, 1.165) is 13.0 Å². The minimum absolute atomic E-state index is 1.08. The lowest BCUT2D eigenvalue weighted by Crippen LogP contribution is -2.09. The van der Waals surface area contributed by atoms with Gasteiger partial charge in [-0.15, -0.1) is 0 Å². The van der Waals surface area contributed by atoms with E-state index in [-0.39, 0.29) is 0 Å². The van der Waals surface area contributed by atoms with Crippen LogP contribution < -0.4 is 5.32 Å². The minimum atomic E-state index is 1.08. The maximum absolute atomic E-state index is 3.19. The van der Waals surface area contributed by atoms with E-state index >= 15 is 0 Å². The van der Waals surface area contributed by atoms with Crippen molar-refractivity contribution < 1.29 is 0 Å². The van der Waals surface area contributed by atoms with Crippen LogP contribution in [0, 0.1) is 6.92 Å². The summed E-state index contributed by atoms with van der Waals surface area (Å²) in [6, 6.07) is 8.97. The predicted molar refractivity (Wildman–Crippen MR) is 69.9 cm³/mol. The average Bonchev–Trinajstić information content (AvgIpc) is 2.56. The Morgan fingerprint density at radius 2 is 2.06 bits per heavy atom. The van der Waals surface area contributed by atoms with E-state index in [1.165, 1.54) is 28.6 Å². The van der Waals surface area contributed by atoms with Crippen LogP contribution in [-0.4, -0.2) is 18.2 Å². The van der Waals surface area contributed by atoms with E-state index in [1.807, 2.05) is 7.05 Å². The van der Waals surface area contributed by atoms with Crippen molar-refractivity contribution in [2.24, 2.45) is 7.05 Å². The second-order valence-electron chi connectivity index (χ2n) is 4.46. The highest BCUT2D eigenvalue weighted by atomic mass is 14.9. The van der Waals surface area contributed by atoms with Crippen molar-refractivity contribution in [2.75, 3.05) is 13.6 Å². The van der Waals surface area contributed by atoms with Crippen molar-refractivity contribution in [1.29, 1.82) is 0 Å². The Kier molecular flexibility index (Phi) is 3.30. The molecule has 0 aliphatic carbocycles. The van der Waals surface area contributed by atoms with Crippen LogP contribution in [0.15, 0.2) is 24.3 Å². The van der Waals surface area contributed by atoms with Crippen LogP contribution in [0.5, 0.6) is 0 Å². The van der Waals surface area contributed by atoms with Gasteiger partial charge in [0.1, 0.15) is 0 Å². The molecule has 1 aromatic carbocycles. The molecular weight excluding hydrogens is 196 g/mol. The molecule has 0 atom stereocenters. The lowest BCUT2D eigenvalue weighted by molar-refractivity contribution is 0.699. The van der Waals surface area contributed by atoms with Gasteiger partial charge in [-0.1, -0.05) is 11.6 Å². The molecule has 0 bridgehead atoms. The highest BCUT2D eigenvalue weighted by Crippen LogP contribution is 2.20. The highest BCUT2D eigenvalue weighted by molar-refractivity contribution is 5.82. The molecule has 1 heterocycles.